The number of ether oxygens (including phenoxy) is 2. The Balaban J connectivity index is 1.88. The second-order valence-corrected chi connectivity index (χ2v) is 5.56. The van der Waals surface area contributed by atoms with Gasteiger partial charge in [-0.1, -0.05) is 25.4 Å². The predicted octanol–water partition coefficient (Wildman–Crippen LogP) is 2.11. The molecule has 5 nitrogen and oxygen atoms in total. The van der Waals surface area contributed by atoms with Crippen LogP contribution in [0.1, 0.15) is 19.4 Å². The molecule has 0 bridgehead atoms. The van der Waals surface area contributed by atoms with Gasteiger partial charge in [0, 0.05) is 13.1 Å². The van der Waals surface area contributed by atoms with E-state index in [-0.39, 0.29) is 12.3 Å². The molecule has 2 rings (SSSR count). The van der Waals surface area contributed by atoms with Gasteiger partial charge < -0.3 is 19.7 Å². The quantitative estimate of drug-likeness (QED) is 0.834. The highest BCUT2D eigenvalue weighted by Crippen LogP contribution is 2.38. The van der Waals surface area contributed by atoms with Gasteiger partial charge in [-0.25, -0.2) is 0 Å². The Labute approximate surface area is 136 Å². The fourth-order valence-electron chi connectivity index (χ4n) is 2.41. The highest BCUT2D eigenvalue weighted by atomic mass is 35.5. The van der Waals surface area contributed by atoms with Crippen LogP contribution in [-0.2, 0) is 11.2 Å². The van der Waals surface area contributed by atoms with E-state index in [9.17, 15) is 4.79 Å². The third kappa shape index (κ3) is 4.52. The second-order valence-electron chi connectivity index (χ2n) is 5.16. The lowest BCUT2D eigenvalue weighted by Crippen LogP contribution is -2.35. The lowest BCUT2D eigenvalue weighted by atomic mass is 10.1. The van der Waals surface area contributed by atoms with E-state index in [1.165, 1.54) is 0 Å². The summed E-state index contributed by atoms with van der Waals surface area (Å²) in [5, 5.41) is 3.42. The fraction of sp³-hybridized carbons (Fsp3) is 0.562. The minimum Gasteiger partial charge on any atom is -0.486 e. The monoisotopic (exact) mass is 326 g/mol. The Morgan fingerprint density at radius 3 is 2.73 bits per heavy atom. The van der Waals surface area contributed by atoms with Gasteiger partial charge >= 0.3 is 0 Å². The lowest BCUT2D eigenvalue weighted by molar-refractivity contribution is -0.120. The number of amides is 1. The largest absolute Gasteiger partial charge is 0.486 e. The van der Waals surface area contributed by atoms with Gasteiger partial charge in [-0.05, 0) is 30.8 Å². The Hall–Kier alpha value is -1.46. The van der Waals surface area contributed by atoms with E-state index in [0.29, 0.717) is 36.3 Å². The number of rotatable bonds is 7. The number of benzene rings is 1. The number of nitrogens with zero attached hydrogens (tertiary/aromatic N) is 1. The van der Waals surface area contributed by atoms with Gasteiger partial charge in [0.25, 0.3) is 0 Å². The molecule has 6 heteroatoms. The van der Waals surface area contributed by atoms with E-state index in [1.807, 2.05) is 6.07 Å². The van der Waals surface area contributed by atoms with Crippen molar-refractivity contribution in [2.45, 2.75) is 20.3 Å². The van der Waals surface area contributed by atoms with Gasteiger partial charge in [-0.3, -0.25) is 4.79 Å². The maximum Gasteiger partial charge on any atom is 0.224 e. The number of hydrogen-bond donors (Lipinski definition) is 1. The molecule has 0 aliphatic carbocycles. The Kier molecular flexibility index (Phi) is 6.34. The van der Waals surface area contributed by atoms with Crippen LogP contribution in [0.15, 0.2) is 12.1 Å². The van der Waals surface area contributed by atoms with Crippen LogP contribution in [0.2, 0.25) is 5.02 Å². The summed E-state index contributed by atoms with van der Waals surface area (Å²) in [7, 11) is 0. The number of nitrogens with one attached hydrogen (secondary N) is 1. The summed E-state index contributed by atoms with van der Waals surface area (Å²) in [4.78, 5) is 14.3. The van der Waals surface area contributed by atoms with Crippen LogP contribution in [-0.4, -0.2) is 50.2 Å². The third-order valence-corrected chi connectivity index (χ3v) is 3.95. The molecule has 1 amide bonds. The molecule has 1 aliphatic heterocycles. The van der Waals surface area contributed by atoms with E-state index < -0.39 is 0 Å². The van der Waals surface area contributed by atoms with Crippen LogP contribution < -0.4 is 14.8 Å². The van der Waals surface area contributed by atoms with Gasteiger partial charge in [0.2, 0.25) is 5.91 Å². The molecule has 22 heavy (non-hydrogen) atoms. The zero-order chi connectivity index (χ0) is 15.9. The first-order valence-corrected chi connectivity index (χ1v) is 8.08. The summed E-state index contributed by atoms with van der Waals surface area (Å²) in [6.07, 6.45) is 0.286. The Morgan fingerprint density at radius 1 is 1.27 bits per heavy atom. The van der Waals surface area contributed by atoms with E-state index in [4.69, 9.17) is 21.1 Å². The minimum absolute atomic E-state index is 0.0140. The van der Waals surface area contributed by atoms with Crippen molar-refractivity contribution in [2.24, 2.45) is 0 Å². The smallest absolute Gasteiger partial charge is 0.224 e. The number of carbonyl (C=O) groups is 1. The van der Waals surface area contributed by atoms with Crippen molar-refractivity contribution in [1.82, 2.24) is 10.2 Å². The van der Waals surface area contributed by atoms with Crippen LogP contribution in [0.5, 0.6) is 11.5 Å². The average Bonchev–Trinajstić information content (AvgIpc) is 2.51. The third-order valence-electron chi connectivity index (χ3n) is 3.67. The zero-order valence-corrected chi connectivity index (χ0v) is 13.9. The van der Waals surface area contributed by atoms with E-state index in [1.54, 1.807) is 6.07 Å². The first kappa shape index (κ1) is 16.9. The first-order valence-electron chi connectivity index (χ1n) is 7.71. The molecule has 0 atom stereocenters. The van der Waals surface area contributed by atoms with Gasteiger partial charge in [0.05, 0.1) is 11.4 Å². The zero-order valence-electron chi connectivity index (χ0n) is 13.2. The van der Waals surface area contributed by atoms with Gasteiger partial charge in [0.15, 0.2) is 11.5 Å². The van der Waals surface area contributed by atoms with Crippen molar-refractivity contribution in [2.75, 3.05) is 39.4 Å². The summed E-state index contributed by atoms with van der Waals surface area (Å²) in [6.45, 7) is 8.72. The molecule has 122 valence electrons. The molecule has 1 heterocycles. The molecule has 1 N–H and O–H groups in total. The molecular formula is C16H23ClN2O3. The van der Waals surface area contributed by atoms with Gasteiger partial charge in [-0.2, -0.15) is 0 Å². The molecule has 0 spiro atoms. The molecule has 1 aliphatic rings. The normalized spacial score (nSPS) is 13.3. The molecule has 0 aromatic heterocycles. The van der Waals surface area contributed by atoms with Crippen molar-refractivity contribution in [3.05, 3.63) is 22.7 Å². The van der Waals surface area contributed by atoms with Crippen LogP contribution in [0.3, 0.4) is 0 Å². The van der Waals surface area contributed by atoms with E-state index in [2.05, 4.69) is 24.1 Å². The van der Waals surface area contributed by atoms with Gasteiger partial charge in [0.1, 0.15) is 13.2 Å². The fourth-order valence-corrected chi connectivity index (χ4v) is 2.70. The molecule has 1 aromatic rings. The summed E-state index contributed by atoms with van der Waals surface area (Å²) in [6, 6.07) is 3.59. The van der Waals surface area contributed by atoms with Crippen LogP contribution >= 0.6 is 11.6 Å². The van der Waals surface area contributed by atoms with Crippen molar-refractivity contribution < 1.29 is 14.3 Å². The van der Waals surface area contributed by atoms with E-state index in [0.717, 1.165) is 25.2 Å². The lowest BCUT2D eigenvalue weighted by Gasteiger charge is -2.20. The number of likely N-dealkylation sites (N-methyl/N-ethyl adjacent to an activating group) is 1. The number of hydrogen-bond acceptors (Lipinski definition) is 4. The Morgan fingerprint density at radius 2 is 2.00 bits per heavy atom. The molecule has 0 fully saturated rings. The molecule has 0 radical (unpaired) electrons. The summed E-state index contributed by atoms with van der Waals surface area (Å²) in [5.74, 6) is 1.17. The van der Waals surface area contributed by atoms with Crippen LogP contribution in [0.25, 0.3) is 0 Å². The van der Waals surface area contributed by atoms with Crippen molar-refractivity contribution >= 4 is 17.5 Å². The van der Waals surface area contributed by atoms with Crippen molar-refractivity contribution in [3.63, 3.8) is 0 Å². The number of carbonyl (C=O) groups excluding carboxylic acids is 1. The standard InChI is InChI=1S/C16H23ClN2O3/c1-3-19(4-2)6-5-18-15(20)11-12-9-13(17)16-14(10-12)21-7-8-22-16/h9-10H,3-8,11H2,1-2H3,(H,18,20). The van der Waals surface area contributed by atoms with Crippen LogP contribution in [0, 0.1) is 0 Å². The summed E-state index contributed by atoms with van der Waals surface area (Å²) < 4.78 is 11.0. The van der Waals surface area contributed by atoms with Crippen molar-refractivity contribution in [1.29, 1.82) is 0 Å². The molecule has 0 saturated carbocycles. The molecule has 0 unspecified atom stereocenters. The molecule has 1 aromatic carbocycles. The molecular weight excluding hydrogens is 304 g/mol. The Bertz CT molecular complexity index is 518. The molecule has 0 saturated heterocycles. The van der Waals surface area contributed by atoms with Gasteiger partial charge in [-0.15, -0.1) is 0 Å². The summed E-state index contributed by atoms with van der Waals surface area (Å²) >= 11 is 6.17. The second kappa shape index (κ2) is 8.25. The number of halogens is 1. The average molecular weight is 327 g/mol. The predicted molar refractivity (Wildman–Crippen MR) is 86.9 cm³/mol. The minimum atomic E-state index is -0.0140. The van der Waals surface area contributed by atoms with Crippen LogP contribution in [0.4, 0.5) is 0 Å². The number of fused-ring (bicyclic) bond motifs is 1. The maximum atomic E-state index is 12.0. The maximum absolute atomic E-state index is 12.0. The van der Waals surface area contributed by atoms with Crippen molar-refractivity contribution in [3.8, 4) is 11.5 Å². The first-order chi connectivity index (χ1) is 10.6. The summed E-state index contributed by atoms with van der Waals surface area (Å²) in [5.41, 5.74) is 0.828. The SMILES string of the molecule is CCN(CC)CCNC(=O)Cc1cc(Cl)c2c(c1)OCCO2. The highest BCUT2D eigenvalue weighted by Gasteiger charge is 2.17. The van der Waals surface area contributed by atoms with E-state index >= 15 is 0 Å². The highest BCUT2D eigenvalue weighted by molar-refractivity contribution is 6.32. The topological polar surface area (TPSA) is 50.8 Å².